The van der Waals surface area contributed by atoms with E-state index < -0.39 is 0 Å². The van der Waals surface area contributed by atoms with Crippen LogP contribution in [0.3, 0.4) is 0 Å². The summed E-state index contributed by atoms with van der Waals surface area (Å²) in [5.41, 5.74) is 1.54. The van der Waals surface area contributed by atoms with E-state index in [9.17, 15) is 4.79 Å². The Morgan fingerprint density at radius 3 is 2.43 bits per heavy atom. The second kappa shape index (κ2) is 8.43. The van der Waals surface area contributed by atoms with Crippen molar-refractivity contribution < 1.29 is 4.79 Å². The van der Waals surface area contributed by atoms with E-state index in [1.54, 1.807) is 31.0 Å². The quantitative estimate of drug-likeness (QED) is 0.728. The fraction of sp³-hybridized carbons (Fsp3) is 0.250. The van der Waals surface area contributed by atoms with Gasteiger partial charge in [0.05, 0.1) is 5.56 Å². The van der Waals surface area contributed by atoms with Gasteiger partial charge in [0.1, 0.15) is 5.82 Å². The number of hydrogen-bond donors (Lipinski definition) is 1. The monoisotopic (exact) mass is 375 g/mol. The summed E-state index contributed by atoms with van der Waals surface area (Å²) >= 11 is 0. The van der Waals surface area contributed by atoms with Crippen LogP contribution in [0.4, 0.5) is 11.8 Å². The van der Waals surface area contributed by atoms with Crippen LogP contribution in [-0.4, -0.2) is 56.9 Å². The molecule has 4 rings (SSSR count). The molecule has 3 aromatic rings. The van der Waals surface area contributed by atoms with E-state index in [1.165, 1.54) is 0 Å². The molecule has 1 aliphatic heterocycles. The molecule has 1 aliphatic rings. The first-order valence-electron chi connectivity index (χ1n) is 9.20. The van der Waals surface area contributed by atoms with Crippen molar-refractivity contribution in [3.63, 3.8) is 0 Å². The summed E-state index contributed by atoms with van der Waals surface area (Å²) in [6.45, 7) is 3.40. The summed E-state index contributed by atoms with van der Waals surface area (Å²) in [7, 11) is 0. The molecule has 0 aromatic carbocycles. The number of piperazine rings is 1. The van der Waals surface area contributed by atoms with Crippen molar-refractivity contribution in [3.8, 4) is 0 Å². The largest absolute Gasteiger partial charge is 0.353 e. The van der Waals surface area contributed by atoms with Gasteiger partial charge in [0.2, 0.25) is 5.95 Å². The SMILES string of the molecule is O=C(c1cnc(NCc2cccnc2)nc1)N1CCN(c2ccccn2)CC1. The van der Waals surface area contributed by atoms with Gasteiger partial charge in [-0.15, -0.1) is 0 Å². The van der Waals surface area contributed by atoms with Crippen LogP contribution < -0.4 is 10.2 Å². The molecule has 0 atom stereocenters. The minimum absolute atomic E-state index is 0.0421. The molecule has 0 spiro atoms. The number of carbonyl (C=O) groups excluding carboxylic acids is 1. The molecule has 0 bridgehead atoms. The van der Waals surface area contributed by atoms with Gasteiger partial charge in [-0.05, 0) is 23.8 Å². The number of nitrogens with zero attached hydrogens (tertiary/aromatic N) is 6. The Hall–Kier alpha value is -3.55. The van der Waals surface area contributed by atoms with Crippen molar-refractivity contribution in [2.24, 2.45) is 0 Å². The summed E-state index contributed by atoms with van der Waals surface area (Å²) in [6.07, 6.45) is 8.46. The standard InChI is InChI=1S/C20H21N7O/c28-19(27-10-8-26(9-11-27)18-5-1-2-7-22-18)17-14-24-20(25-15-17)23-13-16-4-3-6-21-12-16/h1-7,12,14-15H,8-11,13H2,(H,23,24,25). The molecule has 8 heteroatoms. The topological polar surface area (TPSA) is 87.1 Å². The lowest BCUT2D eigenvalue weighted by molar-refractivity contribution is 0.0745. The van der Waals surface area contributed by atoms with Crippen LogP contribution in [-0.2, 0) is 6.54 Å². The first-order valence-corrected chi connectivity index (χ1v) is 9.20. The van der Waals surface area contributed by atoms with Gasteiger partial charge >= 0.3 is 0 Å². The Morgan fingerprint density at radius 2 is 1.75 bits per heavy atom. The minimum atomic E-state index is -0.0421. The molecule has 1 fully saturated rings. The Bertz CT molecular complexity index is 895. The van der Waals surface area contributed by atoms with Crippen LogP contribution in [0.5, 0.6) is 0 Å². The molecule has 4 heterocycles. The molecule has 1 N–H and O–H groups in total. The van der Waals surface area contributed by atoms with Gasteiger partial charge in [0.15, 0.2) is 0 Å². The third kappa shape index (κ3) is 4.22. The number of nitrogens with one attached hydrogen (secondary N) is 1. The molecule has 8 nitrogen and oxygen atoms in total. The Labute approximate surface area is 163 Å². The summed E-state index contributed by atoms with van der Waals surface area (Å²) in [6, 6.07) is 9.72. The lowest BCUT2D eigenvalue weighted by Gasteiger charge is -2.35. The van der Waals surface area contributed by atoms with Crippen LogP contribution in [0.1, 0.15) is 15.9 Å². The molecule has 3 aromatic heterocycles. The van der Waals surface area contributed by atoms with Crippen molar-refractivity contribution in [1.82, 2.24) is 24.8 Å². The number of carbonyl (C=O) groups is 1. The number of rotatable bonds is 5. The van der Waals surface area contributed by atoms with E-state index in [2.05, 4.69) is 30.2 Å². The lowest BCUT2D eigenvalue weighted by atomic mass is 10.2. The molecular weight excluding hydrogens is 354 g/mol. The van der Waals surface area contributed by atoms with E-state index in [0.29, 0.717) is 31.1 Å². The van der Waals surface area contributed by atoms with Gasteiger partial charge in [-0.2, -0.15) is 0 Å². The molecule has 0 saturated carbocycles. The van der Waals surface area contributed by atoms with Crippen LogP contribution in [0.15, 0.2) is 61.3 Å². The van der Waals surface area contributed by atoms with Gasteiger partial charge in [-0.25, -0.2) is 15.0 Å². The van der Waals surface area contributed by atoms with Crippen molar-refractivity contribution in [3.05, 3.63) is 72.4 Å². The zero-order valence-corrected chi connectivity index (χ0v) is 15.4. The molecule has 0 unspecified atom stereocenters. The smallest absolute Gasteiger partial charge is 0.257 e. The average molecular weight is 375 g/mol. The summed E-state index contributed by atoms with van der Waals surface area (Å²) in [4.78, 5) is 33.7. The molecule has 28 heavy (non-hydrogen) atoms. The third-order valence-corrected chi connectivity index (χ3v) is 4.61. The summed E-state index contributed by atoms with van der Waals surface area (Å²) in [5.74, 6) is 1.39. The predicted octanol–water partition coefficient (Wildman–Crippen LogP) is 1.84. The van der Waals surface area contributed by atoms with Crippen LogP contribution in [0.25, 0.3) is 0 Å². The fourth-order valence-corrected chi connectivity index (χ4v) is 3.08. The highest BCUT2D eigenvalue weighted by Crippen LogP contribution is 2.14. The van der Waals surface area contributed by atoms with E-state index in [4.69, 9.17) is 0 Å². The second-order valence-corrected chi connectivity index (χ2v) is 6.48. The zero-order valence-electron chi connectivity index (χ0n) is 15.4. The van der Waals surface area contributed by atoms with E-state index >= 15 is 0 Å². The number of anilines is 2. The van der Waals surface area contributed by atoms with E-state index in [-0.39, 0.29) is 5.91 Å². The molecular formula is C20H21N7O. The van der Waals surface area contributed by atoms with Crippen molar-refractivity contribution in [1.29, 1.82) is 0 Å². The maximum Gasteiger partial charge on any atom is 0.257 e. The molecule has 1 amide bonds. The van der Waals surface area contributed by atoms with Gasteiger partial charge in [-0.1, -0.05) is 12.1 Å². The first kappa shape index (κ1) is 17.8. The van der Waals surface area contributed by atoms with Crippen molar-refractivity contribution in [2.45, 2.75) is 6.54 Å². The number of hydrogen-bond acceptors (Lipinski definition) is 7. The Balaban J connectivity index is 1.31. The van der Waals surface area contributed by atoms with Gasteiger partial charge in [0, 0.05) is 63.7 Å². The highest BCUT2D eigenvalue weighted by atomic mass is 16.2. The number of pyridine rings is 2. The highest BCUT2D eigenvalue weighted by molar-refractivity contribution is 5.93. The lowest BCUT2D eigenvalue weighted by Crippen LogP contribution is -2.49. The third-order valence-electron chi connectivity index (χ3n) is 4.61. The number of amides is 1. The first-order chi connectivity index (χ1) is 13.8. The van der Waals surface area contributed by atoms with Gasteiger partial charge in [0.25, 0.3) is 5.91 Å². The maximum absolute atomic E-state index is 12.7. The Kier molecular flexibility index (Phi) is 5.37. The minimum Gasteiger partial charge on any atom is -0.353 e. The highest BCUT2D eigenvalue weighted by Gasteiger charge is 2.23. The second-order valence-electron chi connectivity index (χ2n) is 6.48. The average Bonchev–Trinajstić information content (AvgIpc) is 2.79. The normalized spacial score (nSPS) is 14.0. The molecule has 142 valence electrons. The van der Waals surface area contributed by atoms with Crippen LogP contribution in [0.2, 0.25) is 0 Å². The fourth-order valence-electron chi connectivity index (χ4n) is 3.08. The molecule has 0 aliphatic carbocycles. The van der Waals surface area contributed by atoms with Crippen molar-refractivity contribution >= 4 is 17.7 Å². The van der Waals surface area contributed by atoms with Crippen LogP contribution >= 0.6 is 0 Å². The van der Waals surface area contributed by atoms with Gasteiger partial charge < -0.3 is 15.1 Å². The predicted molar refractivity (Wildman–Crippen MR) is 106 cm³/mol. The molecule has 1 saturated heterocycles. The van der Waals surface area contributed by atoms with Gasteiger partial charge in [-0.3, -0.25) is 9.78 Å². The summed E-state index contributed by atoms with van der Waals surface area (Å²) < 4.78 is 0. The molecule has 0 radical (unpaired) electrons. The van der Waals surface area contributed by atoms with E-state index in [0.717, 1.165) is 24.5 Å². The van der Waals surface area contributed by atoms with Crippen LogP contribution in [0, 0.1) is 0 Å². The zero-order chi connectivity index (χ0) is 19.2. The maximum atomic E-state index is 12.7. The summed E-state index contributed by atoms with van der Waals surface area (Å²) in [5, 5.41) is 3.13. The Morgan fingerprint density at radius 1 is 0.929 bits per heavy atom. The van der Waals surface area contributed by atoms with E-state index in [1.807, 2.05) is 35.2 Å². The number of aromatic nitrogens is 4. The van der Waals surface area contributed by atoms with Crippen molar-refractivity contribution in [2.75, 3.05) is 36.4 Å².